The minimum absolute atomic E-state index is 0.0439. The fraction of sp³-hybridized carbons (Fsp3) is 0.0800. The maximum atomic E-state index is 14.4. The Kier molecular flexibility index (Phi) is 5.45. The first-order valence-corrected chi connectivity index (χ1v) is 10.6. The largest absolute Gasteiger partial charge is 0.432 e. The summed E-state index contributed by atoms with van der Waals surface area (Å²) < 4.78 is 49.9. The van der Waals surface area contributed by atoms with E-state index in [1.165, 1.54) is 12.3 Å². The predicted molar refractivity (Wildman–Crippen MR) is 121 cm³/mol. The van der Waals surface area contributed by atoms with Gasteiger partial charge >= 0.3 is 6.18 Å². The second-order valence-corrected chi connectivity index (χ2v) is 7.96. The van der Waals surface area contributed by atoms with Gasteiger partial charge in [0, 0.05) is 28.7 Å². The molecule has 0 aliphatic rings. The summed E-state index contributed by atoms with van der Waals surface area (Å²) in [4.78, 5) is 21.5. The molecule has 170 valence electrons. The summed E-state index contributed by atoms with van der Waals surface area (Å²) in [5.41, 5.74) is -0.294. The molecule has 0 radical (unpaired) electrons. The SMILES string of the molecule is O=C(c1cnc(-c2ccccn2)o1)c1c(C(F)(F)F)n(Cc2ccc(Cl)cc2)c2ccccc12. The zero-order valence-corrected chi connectivity index (χ0v) is 18.1. The van der Waals surface area contributed by atoms with Crippen LogP contribution >= 0.6 is 11.6 Å². The van der Waals surface area contributed by atoms with Crippen molar-refractivity contribution in [3.8, 4) is 11.6 Å². The average molecular weight is 482 g/mol. The average Bonchev–Trinajstić information content (AvgIpc) is 3.44. The molecule has 0 amide bonds. The van der Waals surface area contributed by atoms with Crippen molar-refractivity contribution in [1.82, 2.24) is 14.5 Å². The first-order chi connectivity index (χ1) is 16.3. The lowest BCUT2D eigenvalue weighted by Crippen LogP contribution is -2.18. The summed E-state index contributed by atoms with van der Waals surface area (Å²) in [7, 11) is 0. The third kappa shape index (κ3) is 3.97. The number of oxazole rings is 1. The molecule has 0 fully saturated rings. The van der Waals surface area contributed by atoms with E-state index in [9.17, 15) is 18.0 Å². The van der Waals surface area contributed by atoms with Crippen LogP contribution in [0.25, 0.3) is 22.5 Å². The minimum Gasteiger partial charge on any atom is -0.431 e. The highest BCUT2D eigenvalue weighted by atomic mass is 35.5. The van der Waals surface area contributed by atoms with Crippen molar-refractivity contribution >= 4 is 28.3 Å². The second kappa shape index (κ2) is 8.46. The van der Waals surface area contributed by atoms with Crippen molar-refractivity contribution in [2.75, 3.05) is 0 Å². The van der Waals surface area contributed by atoms with Crippen LogP contribution in [0.3, 0.4) is 0 Å². The second-order valence-electron chi connectivity index (χ2n) is 7.52. The number of carbonyl (C=O) groups excluding carboxylic acids is 1. The monoisotopic (exact) mass is 481 g/mol. The first kappa shape index (κ1) is 21.9. The van der Waals surface area contributed by atoms with E-state index in [-0.39, 0.29) is 29.1 Å². The summed E-state index contributed by atoms with van der Waals surface area (Å²) >= 11 is 5.92. The molecule has 0 spiro atoms. The van der Waals surface area contributed by atoms with Gasteiger partial charge < -0.3 is 8.98 Å². The molecule has 5 rings (SSSR count). The van der Waals surface area contributed by atoms with Crippen LogP contribution in [0.15, 0.2) is 83.5 Å². The van der Waals surface area contributed by atoms with E-state index in [1.54, 1.807) is 60.7 Å². The molecular formula is C25H15ClF3N3O2. The minimum atomic E-state index is -4.81. The van der Waals surface area contributed by atoms with Gasteiger partial charge in [0.15, 0.2) is 5.76 Å². The Morgan fingerprint density at radius 1 is 0.971 bits per heavy atom. The molecule has 3 heterocycles. The Balaban J connectivity index is 1.67. The summed E-state index contributed by atoms with van der Waals surface area (Å²) in [6.45, 7) is -0.102. The van der Waals surface area contributed by atoms with Crippen LogP contribution in [0.2, 0.25) is 5.02 Å². The molecule has 0 saturated carbocycles. The van der Waals surface area contributed by atoms with Crippen molar-refractivity contribution in [3.05, 3.63) is 107 Å². The van der Waals surface area contributed by atoms with Crippen LogP contribution in [0.5, 0.6) is 0 Å². The molecule has 5 aromatic rings. The van der Waals surface area contributed by atoms with Gasteiger partial charge in [0.2, 0.25) is 11.7 Å². The number of para-hydroxylation sites is 1. The van der Waals surface area contributed by atoms with Crippen LogP contribution in [-0.2, 0) is 12.7 Å². The maximum Gasteiger partial charge on any atom is 0.432 e. The van der Waals surface area contributed by atoms with Gasteiger partial charge in [-0.2, -0.15) is 13.2 Å². The van der Waals surface area contributed by atoms with E-state index in [0.29, 0.717) is 16.3 Å². The molecule has 2 aromatic carbocycles. The first-order valence-electron chi connectivity index (χ1n) is 10.2. The van der Waals surface area contributed by atoms with Gasteiger partial charge in [-0.1, -0.05) is 48.0 Å². The summed E-state index contributed by atoms with van der Waals surface area (Å²) in [6, 6.07) is 17.8. The molecule has 0 aliphatic heterocycles. The Morgan fingerprint density at radius 3 is 2.41 bits per heavy atom. The van der Waals surface area contributed by atoms with Crippen LogP contribution in [0.1, 0.15) is 27.4 Å². The van der Waals surface area contributed by atoms with Gasteiger partial charge in [-0.15, -0.1) is 0 Å². The van der Waals surface area contributed by atoms with E-state index in [0.717, 1.165) is 10.8 Å². The molecule has 3 aromatic heterocycles. The summed E-state index contributed by atoms with van der Waals surface area (Å²) in [6.07, 6.45) is -2.16. The number of ketones is 1. The van der Waals surface area contributed by atoms with Gasteiger partial charge in [-0.05, 0) is 35.9 Å². The van der Waals surface area contributed by atoms with Gasteiger partial charge in [-0.3, -0.25) is 9.78 Å². The highest BCUT2D eigenvalue weighted by Gasteiger charge is 2.42. The number of hydrogen-bond donors (Lipinski definition) is 0. The lowest BCUT2D eigenvalue weighted by Gasteiger charge is -2.14. The van der Waals surface area contributed by atoms with Crippen LogP contribution in [0, 0.1) is 0 Å². The standard InChI is InChI=1S/C25H15ClF3N3O2/c26-16-10-8-15(9-11-16)14-32-19-7-2-1-5-17(19)21(23(32)25(27,28)29)22(33)20-13-31-24(34-20)18-6-3-4-12-30-18/h1-13H,14H2. The Morgan fingerprint density at radius 2 is 1.71 bits per heavy atom. The van der Waals surface area contributed by atoms with E-state index < -0.39 is 23.2 Å². The highest BCUT2D eigenvalue weighted by molar-refractivity contribution is 6.30. The highest BCUT2D eigenvalue weighted by Crippen LogP contribution is 2.40. The number of benzene rings is 2. The third-order valence-corrected chi connectivity index (χ3v) is 5.59. The topological polar surface area (TPSA) is 60.9 Å². The van der Waals surface area contributed by atoms with Gasteiger partial charge in [0.25, 0.3) is 0 Å². The number of hydrogen-bond acceptors (Lipinski definition) is 4. The quantitative estimate of drug-likeness (QED) is 0.264. The summed E-state index contributed by atoms with van der Waals surface area (Å²) in [5, 5.41) is 0.645. The number of rotatable bonds is 5. The zero-order valence-electron chi connectivity index (χ0n) is 17.4. The number of nitrogens with zero attached hydrogens (tertiary/aromatic N) is 3. The zero-order chi connectivity index (χ0) is 23.9. The molecular weight excluding hydrogens is 467 g/mol. The summed E-state index contributed by atoms with van der Waals surface area (Å²) in [5.74, 6) is -1.17. The third-order valence-electron chi connectivity index (χ3n) is 5.33. The van der Waals surface area contributed by atoms with E-state index in [1.807, 2.05) is 0 Å². The van der Waals surface area contributed by atoms with Gasteiger partial charge in [0.05, 0.1) is 11.8 Å². The fourth-order valence-electron chi connectivity index (χ4n) is 3.87. The predicted octanol–water partition coefficient (Wildman–Crippen LogP) is 6.64. The smallest absolute Gasteiger partial charge is 0.431 e. The lowest BCUT2D eigenvalue weighted by atomic mass is 10.0. The molecule has 0 bridgehead atoms. The normalized spacial score (nSPS) is 11.8. The van der Waals surface area contributed by atoms with Crippen molar-refractivity contribution < 1.29 is 22.4 Å². The Hall–Kier alpha value is -3.91. The number of halogens is 4. The van der Waals surface area contributed by atoms with Crippen LogP contribution < -0.4 is 0 Å². The molecule has 5 nitrogen and oxygen atoms in total. The van der Waals surface area contributed by atoms with Crippen LogP contribution in [-0.4, -0.2) is 20.3 Å². The van der Waals surface area contributed by atoms with Crippen molar-refractivity contribution in [1.29, 1.82) is 0 Å². The van der Waals surface area contributed by atoms with E-state index >= 15 is 0 Å². The van der Waals surface area contributed by atoms with Crippen molar-refractivity contribution in [3.63, 3.8) is 0 Å². The van der Waals surface area contributed by atoms with Gasteiger partial charge in [-0.25, -0.2) is 4.98 Å². The van der Waals surface area contributed by atoms with Crippen LogP contribution in [0.4, 0.5) is 13.2 Å². The molecule has 0 saturated heterocycles. The Labute approximate surface area is 196 Å². The Bertz CT molecular complexity index is 1490. The van der Waals surface area contributed by atoms with E-state index in [2.05, 4.69) is 9.97 Å². The number of alkyl halides is 3. The number of pyridine rings is 1. The molecule has 0 atom stereocenters. The number of aromatic nitrogens is 3. The lowest BCUT2D eigenvalue weighted by molar-refractivity contribution is -0.143. The van der Waals surface area contributed by atoms with Gasteiger partial charge in [0.1, 0.15) is 11.4 Å². The fourth-order valence-corrected chi connectivity index (χ4v) is 4.00. The molecule has 0 unspecified atom stereocenters. The van der Waals surface area contributed by atoms with Crippen molar-refractivity contribution in [2.24, 2.45) is 0 Å². The molecule has 0 N–H and O–H groups in total. The number of fused-ring (bicyclic) bond motifs is 1. The number of carbonyl (C=O) groups is 1. The molecule has 34 heavy (non-hydrogen) atoms. The van der Waals surface area contributed by atoms with E-state index in [4.69, 9.17) is 16.0 Å². The van der Waals surface area contributed by atoms with Crippen molar-refractivity contribution in [2.45, 2.75) is 12.7 Å². The maximum absolute atomic E-state index is 14.4. The molecule has 9 heteroatoms. The molecule has 0 aliphatic carbocycles.